The molecule has 2 aliphatic rings. The molecule has 0 spiro atoms. The summed E-state index contributed by atoms with van der Waals surface area (Å²) in [4.78, 5) is 14.6. The smallest absolute Gasteiger partial charge is 0.257 e. The fourth-order valence-corrected chi connectivity index (χ4v) is 3.72. The Morgan fingerprint density at radius 1 is 1.13 bits per heavy atom. The molecule has 0 radical (unpaired) electrons. The minimum atomic E-state index is -1.05. The average molecular weight is 311 g/mol. The van der Waals surface area contributed by atoms with Crippen molar-refractivity contribution in [3.8, 4) is 0 Å². The Hall–Kier alpha value is -2.20. The third-order valence-corrected chi connectivity index (χ3v) is 4.90. The van der Waals surface area contributed by atoms with Gasteiger partial charge < -0.3 is 4.74 Å². The molecular weight excluding hydrogens is 293 g/mol. The van der Waals surface area contributed by atoms with Gasteiger partial charge in [0.05, 0.1) is 6.04 Å². The molecule has 3 nitrogen and oxygen atoms in total. The lowest BCUT2D eigenvalue weighted by atomic mass is 9.90. The van der Waals surface area contributed by atoms with E-state index in [-0.39, 0.29) is 5.91 Å². The Morgan fingerprint density at radius 2 is 1.74 bits per heavy atom. The highest BCUT2D eigenvalue weighted by Crippen LogP contribution is 2.51. The molecule has 0 bridgehead atoms. The van der Waals surface area contributed by atoms with Gasteiger partial charge in [0.2, 0.25) is 0 Å². The predicted molar refractivity (Wildman–Crippen MR) is 84.9 cm³/mol. The molecule has 1 amide bonds. The Balaban J connectivity index is 2.01. The predicted octanol–water partition coefficient (Wildman–Crippen LogP) is 3.41. The fraction of sp³-hybridized carbons (Fsp3) is 0.316. The SMILES string of the molecule is COC1(c2ccccc2C)c2ccccc2C(=O)N1[C@@H]1C[C@@H]1F. The first kappa shape index (κ1) is 14.4. The number of hydrogen-bond donors (Lipinski definition) is 0. The second-order valence-electron chi connectivity index (χ2n) is 6.20. The van der Waals surface area contributed by atoms with E-state index in [2.05, 4.69) is 0 Å². The zero-order valence-electron chi connectivity index (χ0n) is 13.1. The first-order valence-corrected chi connectivity index (χ1v) is 7.79. The van der Waals surface area contributed by atoms with Crippen molar-refractivity contribution in [1.82, 2.24) is 4.90 Å². The molecule has 2 aromatic rings. The van der Waals surface area contributed by atoms with E-state index >= 15 is 0 Å². The molecule has 2 aromatic carbocycles. The van der Waals surface area contributed by atoms with Crippen LogP contribution < -0.4 is 0 Å². The monoisotopic (exact) mass is 311 g/mol. The topological polar surface area (TPSA) is 29.5 Å². The molecule has 1 saturated carbocycles. The van der Waals surface area contributed by atoms with Gasteiger partial charge in [0, 0.05) is 30.2 Å². The van der Waals surface area contributed by atoms with Crippen molar-refractivity contribution in [3.05, 3.63) is 70.8 Å². The van der Waals surface area contributed by atoms with E-state index in [0.717, 1.165) is 16.7 Å². The second-order valence-corrected chi connectivity index (χ2v) is 6.20. The molecule has 0 aromatic heterocycles. The molecule has 4 heteroatoms. The van der Waals surface area contributed by atoms with Crippen LogP contribution in [0.1, 0.15) is 33.5 Å². The number of rotatable bonds is 3. The van der Waals surface area contributed by atoms with Crippen molar-refractivity contribution in [2.45, 2.75) is 31.3 Å². The molecule has 118 valence electrons. The summed E-state index contributed by atoms with van der Waals surface area (Å²) in [5.41, 5.74) is 2.24. The van der Waals surface area contributed by atoms with Crippen LogP contribution in [0.3, 0.4) is 0 Å². The molecule has 4 rings (SSSR count). The molecule has 3 atom stereocenters. The van der Waals surface area contributed by atoms with Crippen LogP contribution in [0.15, 0.2) is 48.5 Å². The number of carbonyl (C=O) groups excluding carboxylic acids is 1. The summed E-state index contributed by atoms with van der Waals surface area (Å²) in [5.74, 6) is -0.157. The van der Waals surface area contributed by atoms with E-state index < -0.39 is 17.9 Å². The Morgan fingerprint density at radius 3 is 2.35 bits per heavy atom. The number of benzene rings is 2. The summed E-state index contributed by atoms with van der Waals surface area (Å²) in [6.45, 7) is 1.99. The number of nitrogens with zero attached hydrogens (tertiary/aromatic N) is 1. The van der Waals surface area contributed by atoms with E-state index in [9.17, 15) is 9.18 Å². The van der Waals surface area contributed by atoms with Crippen LogP contribution in [0, 0.1) is 6.92 Å². The minimum Gasteiger partial charge on any atom is -0.350 e. The molecule has 1 aliphatic carbocycles. The molecule has 1 unspecified atom stereocenters. The normalized spacial score (nSPS) is 28.8. The highest BCUT2D eigenvalue weighted by molar-refractivity contribution is 6.01. The van der Waals surface area contributed by atoms with Crippen LogP contribution in [0.25, 0.3) is 0 Å². The third kappa shape index (κ3) is 1.81. The molecular formula is C19H18FNO2. The van der Waals surface area contributed by atoms with Crippen LogP contribution in [-0.2, 0) is 10.5 Å². The van der Waals surface area contributed by atoms with Gasteiger partial charge in [0.15, 0.2) is 5.72 Å². The Kier molecular flexibility index (Phi) is 3.07. The van der Waals surface area contributed by atoms with Gasteiger partial charge in [0.25, 0.3) is 5.91 Å². The van der Waals surface area contributed by atoms with Crippen molar-refractivity contribution in [2.75, 3.05) is 7.11 Å². The van der Waals surface area contributed by atoms with Crippen molar-refractivity contribution < 1.29 is 13.9 Å². The van der Waals surface area contributed by atoms with Gasteiger partial charge in [-0.05, 0) is 18.6 Å². The molecule has 0 N–H and O–H groups in total. The number of methoxy groups -OCH3 is 1. The van der Waals surface area contributed by atoms with Crippen LogP contribution in [-0.4, -0.2) is 30.1 Å². The fourth-order valence-electron chi connectivity index (χ4n) is 3.72. The molecule has 0 saturated heterocycles. The van der Waals surface area contributed by atoms with Crippen LogP contribution in [0.2, 0.25) is 0 Å². The number of aryl methyl sites for hydroxylation is 1. The molecule has 1 fully saturated rings. The van der Waals surface area contributed by atoms with Gasteiger partial charge in [-0.3, -0.25) is 9.69 Å². The number of carbonyl (C=O) groups is 1. The van der Waals surface area contributed by atoms with Crippen LogP contribution in [0.5, 0.6) is 0 Å². The van der Waals surface area contributed by atoms with Crippen molar-refractivity contribution in [1.29, 1.82) is 0 Å². The third-order valence-electron chi connectivity index (χ3n) is 4.90. The highest BCUT2D eigenvalue weighted by Gasteiger charge is 2.60. The van der Waals surface area contributed by atoms with E-state index in [1.54, 1.807) is 18.1 Å². The van der Waals surface area contributed by atoms with Crippen molar-refractivity contribution in [2.24, 2.45) is 0 Å². The number of ether oxygens (including phenoxy) is 1. The summed E-state index contributed by atoms with van der Waals surface area (Å²) in [6, 6.07) is 14.8. The van der Waals surface area contributed by atoms with Gasteiger partial charge in [-0.1, -0.05) is 42.5 Å². The van der Waals surface area contributed by atoms with Crippen LogP contribution >= 0.6 is 0 Å². The number of amides is 1. The quantitative estimate of drug-likeness (QED) is 0.869. The van der Waals surface area contributed by atoms with E-state index in [0.29, 0.717) is 12.0 Å². The average Bonchev–Trinajstić information content (AvgIpc) is 3.22. The summed E-state index contributed by atoms with van der Waals surface area (Å²) < 4.78 is 19.8. The molecule has 23 heavy (non-hydrogen) atoms. The molecule has 1 aliphatic heterocycles. The van der Waals surface area contributed by atoms with Crippen LogP contribution in [0.4, 0.5) is 4.39 Å². The summed E-state index contributed by atoms with van der Waals surface area (Å²) in [6.07, 6.45) is -0.608. The lowest BCUT2D eigenvalue weighted by Crippen LogP contribution is -2.48. The summed E-state index contributed by atoms with van der Waals surface area (Å²) >= 11 is 0. The van der Waals surface area contributed by atoms with Gasteiger partial charge >= 0.3 is 0 Å². The van der Waals surface area contributed by atoms with E-state index in [4.69, 9.17) is 4.74 Å². The minimum absolute atomic E-state index is 0.157. The number of hydrogen-bond acceptors (Lipinski definition) is 2. The number of fused-ring (bicyclic) bond motifs is 1. The van der Waals surface area contributed by atoms with Crippen molar-refractivity contribution >= 4 is 5.91 Å². The Labute approximate surface area is 134 Å². The lowest BCUT2D eigenvalue weighted by Gasteiger charge is -2.39. The van der Waals surface area contributed by atoms with Gasteiger partial charge in [0.1, 0.15) is 6.17 Å². The largest absolute Gasteiger partial charge is 0.350 e. The van der Waals surface area contributed by atoms with E-state index in [1.165, 1.54) is 0 Å². The Bertz CT molecular complexity index is 790. The van der Waals surface area contributed by atoms with Crippen molar-refractivity contribution in [3.63, 3.8) is 0 Å². The van der Waals surface area contributed by atoms with Gasteiger partial charge in [-0.15, -0.1) is 0 Å². The first-order chi connectivity index (χ1) is 11.1. The standard InChI is InChI=1S/C19H18FNO2/c1-12-7-3-5-9-14(12)19(23-2)15-10-6-4-8-13(15)18(22)21(19)17-11-16(17)20/h3-10,16-17H,11H2,1-2H3/t16-,17+,19?/m0/s1. The highest BCUT2D eigenvalue weighted by atomic mass is 19.1. The van der Waals surface area contributed by atoms with Gasteiger partial charge in [-0.25, -0.2) is 4.39 Å². The van der Waals surface area contributed by atoms with E-state index in [1.807, 2.05) is 49.4 Å². The maximum absolute atomic E-state index is 13.9. The maximum atomic E-state index is 13.9. The maximum Gasteiger partial charge on any atom is 0.257 e. The lowest BCUT2D eigenvalue weighted by molar-refractivity contribution is -0.0889. The summed E-state index contributed by atoms with van der Waals surface area (Å²) in [7, 11) is 1.59. The summed E-state index contributed by atoms with van der Waals surface area (Å²) in [5, 5.41) is 0. The zero-order valence-corrected chi connectivity index (χ0v) is 13.1. The van der Waals surface area contributed by atoms with Gasteiger partial charge in [-0.2, -0.15) is 0 Å². The molecule has 1 heterocycles. The second kappa shape index (κ2) is 4.90. The first-order valence-electron chi connectivity index (χ1n) is 7.79. The number of alkyl halides is 1. The zero-order chi connectivity index (χ0) is 16.2. The number of halogens is 1.